The molecular weight excluding hydrogens is 206 g/mol. The van der Waals surface area contributed by atoms with Gasteiger partial charge in [0.2, 0.25) is 0 Å². The average molecular weight is 223 g/mol. The van der Waals surface area contributed by atoms with Crippen molar-refractivity contribution in [3.8, 4) is 0 Å². The molecule has 1 amide bonds. The average Bonchev–Trinajstić information content (AvgIpc) is 2.26. The second-order valence-corrected chi connectivity index (χ2v) is 3.62. The van der Waals surface area contributed by atoms with Gasteiger partial charge in [0.05, 0.1) is 17.4 Å². The molecule has 0 aliphatic carbocycles. The van der Waals surface area contributed by atoms with Crippen molar-refractivity contribution in [1.82, 2.24) is 10.3 Å². The highest BCUT2D eigenvalue weighted by atomic mass is 16.5. The van der Waals surface area contributed by atoms with E-state index in [4.69, 9.17) is 10.5 Å². The molecule has 88 valence electrons. The third-order valence-corrected chi connectivity index (χ3v) is 2.23. The van der Waals surface area contributed by atoms with E-state index in [2.05, 4.69) is 10.3 Å². The van der Waals surface area contributed by atoms with E-state index in [1.54, 1.807) is 19.4 Å². The van der Waals surface area contributed by atoms with Crippen molar-refractivity contribution in [3.63, 3.8) is 0 Å². The van der Waals surface area contributed by atoms with Crippen LogP contribution in [0.4, 0.5) is 5.69 Å². The molecule has 0 saturated carbocycles. The summed E-state index contributed by atoms with van der Waals surface area (Å²) in [6.45, 7) is 2.54. The number of anilines is 1. The van der Waals surface area contributed by atoms with E-state index < -0.39 is 0 Å². The molecule has 5 nitrogen and oxygen atoms in total. The number of ether oxygens (including phenoxy) is 1. The number of amides is 1. The van der Waals surface area contributed by atoms with Gasteiger partial charge in [-0.2, -0.15) is 0 Å². The van der Waals surface area contributed by atoms with Gasteiger partial charge < -0.3 is 15.8 Å². The molecule has 0 bridgehead atoms. The molecule has 0 radical (unpaired) electrons. The van der Waals surface area contributed by atoms with Gasteiger partial charge in [-0.05, 0) is 19.4 Å². The van der Waals surface area contributed by atoms with Crippen LogP contribution in [0.1, 0.15) is 23.7 Å². The second-order valence-electron chi connectivity index (χ2n) is 3.62. The summed E-state index contributed by atoms with van der Waals surface area (Å²) in [6, 6.07) is 1.66. The van der Waals surface area contributed by atoms with E-state index in [1.807, 2.05) is 6.92 Å². The highest BCUT2D eigenvalue weighted by molar-refractivity contribution is 5.98. The fourth-order valence-corrected chi connectivity index (χ4v) is 1.28. The first-order valence-electron chi connectivity index (χ1n) is 5.14. The van der Waals surface area contributed by atoms with Crippen LogP contribution >= 0.6 is 0 Å². The zero-order valence-corrected chi connectivity index (χ0v) is 9.56. The van der Waals surface area contributed by atoms with Gasteiger partial charge in [-0.3, -0.25) is 9.78 Å². The number of nitrogens with one attached hydrogen (secondary N) is 1. The molecule has 0 aliphatic heterocycles. The van der Waals surface area contributed by atoms with Gasteiger partial charge in [-0.1, -0.05) is 0 Å². The minimum Gasteiger partial charge on any atom is -0.397 e. The molecule has 1 heterocycles. The Hall–Kier alpha value is -1.62. The van der Waals surface area contributed by atoms with Crippen molar-refractivity contribution < 1.29 is 9.53 Å². The Labute approximate surface area is 95.0 Å². The Bertz CT molecular complexity index is 355. The van der Waals surface area contributed by atoms with E-state index in [0.717, 1.165) is 6.42 Å². The number of nitrogen functional groups attached to an aromatic ring is 1. The van der Waals surface area contributed by atoms with Gasteiger partial charge in [0.25, 0.3) is 5.91 Å². The predicted molar refractivity (Wildman–Crippen MR) is 62.1 cm³/mol. The molecule has 0 aliphatic rings. The molecule has 0 fully saturated rings. The number of nitrogens with zero attached hydrogens (tertiary/aromatic N) is 1. The van der Waals surface area contributed by atoms with Gasteiger partial charge in [-0.25, -0.2) is 0 Å². The summed E-state index contributed by atoms with van der Waals surface area (Å²) in [5.41, 5.74) is 6.49. The van der Waals surface area contributed by atoms with Gasteiger partial charge in [0.1, 0.15) is 0 Å². The quantitative estimate of drug-likeness (QED) is 0.774. The van der Waals surface area contributed by atoms with Crippen molar-refractivity contribution in [1.29, 1.82) is 0 Å². The third-order valence-electron chi connectivity index (χ3n) is 2.23. The second kappa shape index (κ2) is 6.07. The van der Waals surface area contributed by atoms with Gasteiger partial charge >= 0.3 is 0 Å². The lowest BCUT2D eigenvalue weighted by Gasteiger charge is -2.13. The summed E-state index contributed by atoms with van der Waals surface area (Å²) in [7, 11) is 1.63. The largest absolute Gasteiger partial charge is 0.397 e. The first-order valence-corrected chi connectivity index (χ1v) is 5.14. The van der Waals surface area contributed by atoms with Crippen LogP contribution in [0.5, 0.6) is 0 Å². The van der Waals surface area contributed by atoms with E-state index in [9.17, 15) is 4.79 Å². The summed E-state index contributed by atoms with van der Waals surface area (Å²) in [5.74, 6) is -0.177. The van der Waals surface area contributed by atoms with Crippen molar-refractivity contribution in [2.75, 3.05) is 19.5 Å². The van der Waals surface area contributed by atoms with Crippen molar-refractivity contribution in [2.24, 2.45) is 0 Å². The molecule has 1 aromatic heterocycles. The predicted octanol–water partition coefficient (Wildman–Crippen LogP) is 0.819. The first kappa shape index (κ1) is 12.4. The van der Waals surface area contributed by atoms with E-state index in [-0.39, 0.29) is 11.9 Å². The molecule has 5 heteroatoms. The number of pyridine rings is 1. The van der Waals surface area contributed by atoms with E-state index in [1.165, 1.54) is 6.20 Å². The van der Waals surface area contributed by atoms with Gasteiger partial charge in [0, 0.05) is 26.0 Å². The Balaban J connectivity index is 2.56. The lowest BCUT2D eigenvalue weighted by Crippen LogP contribution is -2.33. The number of nitrogens with two attached hydrogens (primary N) is 1. The first-order chi connectivity index (χ1) is 7.65. The minimum atomic E-state index is -0.177. The number of hydrogen-bond acceptors (Lipinski definition) is 4. The molecule has 3 N–H and O–H groups in total. The van der Waals surface area contributed by atoms with Crippen LogP contribution in [0, 0.1) is 0 Å². The fraction of sp³-hybridized carbons (Fsp3) is 0.455. The van der Waals surface area contributed by atoms with Crippen LogP contribution in [-0.4, -0.2) is 30.6 Å². The summed E-state index contributed by atoms with van der Waals surface area (Å²) in [6.07, 6.45) is 3.78. The summed E-state index contributed by atoms with van der Waals surface area (Å²) < 4.78 is 4.94. The summed E-state index contributed by atoms with van der Waals surface area (Å²) in [4.78, 5) is 15.6. The minimum absolute atomic E-state index is 0.0556. The topological polar surface area (TPSA) is 77.2 Å². The lowest BCUT2D eigenvalue weighted by molar-refractivity contribution is 0.0930. The monoisotopic (exact) mass is 223 g/mol. The highest BCUT2D eigenvalue weighted by Gasteiger charge is 2.11. The molecule has 1 atom stereocenters. The molecular formula is C11H17N3O2. The maximum absolute atomic E-state index is 11.8. The maximum atomic E-state index is 11.8. The normalized spacial score (nSPS) is 12.1. The smallest absolute Gasteiger partial charge is 0.253 e. The molecule has 1 unspecified atom stereocenters. The van der Waals surface area contributed by atoms with Crippen LogP contribution in [-0.2, 0) is 4.74 Å². The van der Waals surface area contributed by atoms with Crippen LogP contribution in [0.2, 0.25) is 0 Å². The number of methoxy groups -OCH3 is 1. The molecule has 0 saturated heterocycles. The summed E-state index contributed by atoms with van der Waals surface area (Å²) in [5, 5.41) is 2.85. The Morgan fingerprint density at radius 2 is 2.44 bits per heavy atom. The molecule has 0 spiro atoms. The number of rotatable bonds is 5. The van der Waals surface area contributed by atoms with Crippen molar-refractivity contribution in [2.45, 2.75) is 19.4 Å². The SMILES string of the molecule is COCCC(C)NC(=O)c1ccncc1N. The summed E-state index contributed by atoms with van der Waals surface area (Å²) >= 11 is 0. The van der Waals surface area contributed by atoms with E-state index in [0.29, 0.717) is 17.9 Å². The van der Waals surface area contributed by atoms with Crippen molar-refractivity contribution in [3.05, 3.63) is 24.0 Å². The molecule has 1 rings (SSSR count). The van der Waals surface area contributed by atoms with Gasteiger partial charge in [0.15, 0.2) is 0 Å². The maximum Gasteiger partial charge on any atom is 0.253 e. The fourth-order valence-electron chi connectivity index (χ4n) is 1.28. The molecule has 1 aromatic rings. The van der Waals surface area contributed by atoms with Crippen LogP contribution in [0.3, 0.4) is 0 Å². The standard InChI is InChI=1S/C11H17N3O2/c1-8(4-6-16-2)14-11(15)9-3-5-13-7-10(9)12/h3,5,7-8H,4,6,12H2,1-2H3,(H,14,15). The number of carbonyl (C=O) groups excluding carboxylic acids is 1. The highest BCUT2D eigenvalue weighted by Crippen LogP contribution is 2.08. The third kappa shape index (κ3) is 3.51. The van der Waals surface area contributed by atoms with Crippen molar-refractivity contribution >= 4 is 11.6 Å². The Kier molecular flexibility index (Phi) is 4.72. The van der Waals surface area contributed by atoms with Gasteiger partial charge in [-0.15, -0.1) is 0 Å². The number of carbonyl (C=O) groups is 1. The number of aromatic nitrogens is 1. The van der Waals surface area contributed by atoms with Crippen LogP contribution in [0.25, 0.3) is 0 Å². The number of hydrogen-bond donors (Lipinski definition) is 2. The molecule has 16 heavy (non-hydrogen) atoms. The Morgan fingerprint density at radius 3 is 3.06 bits per heavy atom. The Morgan fingerprint density at radius 1 is 1.69 bits per heavy atom. The zero-order valence-electron chi connectivity index (χ0n) is 9.56. The lowest BCUT2D eigenvalue weighted by atomic mass is 10.2. The molecule has 0 aromatic carbocycles. The van der Waals surface area contributed by atoms with E-state index >= 15 is 0 Å². The zero-order chi connectivity index (χ0) is 12.0. The van der Waals surface area contributed by atoms with Crippen LogP contribution in [0.15, 0.2) is 18.5 Å². The van der Waals surface area contributed by atoms with Crippen LogP contribution < -0.4 is 11.1 Å².